The number of imide groups is 1. The summed E-state index contributed by atoms with van der Waals surface area (Å²) in [6, 6.07) is 10.8. The highest BCUT2D eigenvalue weighted by Crippen LogP contribution is 2.29. The van der Waals surface area contributed by atoms with Gasteiger partial charge in [0.1, 0.15) is 11.8 Å². The Bertz CT molecular complexity index is 1080. The van der Waals surface area contributed by atoms with Crippen molar-refractivity contribution in [2.75, 3.05) is 25.2 Å². The summed E-state index contributed by atoms with van der Waals surface area (Å²) in [5.41, 5.74) is 0.227. The van der Waals surface area contributed by atoms with Crippen molar-refractivity contribution in [1.29, 1.82) is 0 Å². The average molecular weight is 453 g/mol. The van der Waals surface area contributed by atoms with Crippen molar-refractivity contribution in [2.24, 2.45) is 0 Å². The molecule has 0 spiro atoms. The van der Waals surface area contributed by atoms with Gasteiger partial charge in [0.25, 0.3) is 17.5 Å². The Kier molecular flexibility index (Phi) is 6.36. The lowest BCUT2D eigenvalue weighted by molar-refractivity contribution is -0.384. The van der Waals surface area contributed by atoms with Crippen LogP contribution in [0.3, 0.4) is 0 Å². The molecule has 4 rings (SSSR count). The van der Waals surface area contributed by atoms with Crippen LogP contribution in [0.2, 0.25) is 0 Å². The zero-order chi connectivity index (χ0) is 23.5. The lowest BCUT2D eigenvalue weighted by Crippen LogP contribution is -2.48. The van der Waals surface area contributed by atoms with E-state index in [4.69, 9.17) is 9.47 Å². The first kappa shape index (κ1) is 22.4. The van der Waals surface area contributed by atoms with Crippen molar-refractivity contribution in [3.05, 3.63) is 64.2 Å². The van der Waals surface area contributed by atoms with E-state index >= 15 is 0 Å². The second-order valence-electron chi connectivity index (χ2n) is 7.89. The highest BCUT2D eigenvalue weighted by atomic mass is 16.6. The standard InChI is InChI=1S/C23H23N3O7/c1-32-18-9-7-16(8-10-18)25-21(27)13-20(23(25)29)24(14-19-6-3-11-33-19)22(28)15-4-2-5-17(12-15)26(30)31/h2,4-5,7-10,12,19-20H,3,6,11,13-14H2,1H3. The summed E-state index contributed by atoms with van der Waals surface area (Å²) < 4.78 is 10.8. The number of carbonyl (C=O) groups is 3. The van der Waals surface area contributed by atoms with Crippen LogP contribution in [0.1, 0.15) is 29.6 Å². The molecule has 0 aromatic heterocycles. The predicted octanol–water partition coefficient (Wildman–Crippen LogP) is 2.56. The van der Waals surface area contributed by atoms with Gasteiger partial charge in [-0.3, -0.25) is 24.5 Å². The minimum absolute atomic E-state index is 0.0744. The number of benzene rings is 2. The Hall–Kier alpha value is -3.79. The highest BCUT2D eigenvalue weighted by molar-refractivity contribution is 6.23. The van der Waals surface area contributed by atoms with Crippen molar-refractivity contribution in [3.63, 3.8) is 0 Å². The molecular weight excluding hydrogens is 430 g/mol. The number of hydrogen-bond acceptors (Lipinski definition) is 7. The van der Waals surface area contributed by atoms with Crippen LogP contribution in [0.25, 0.3) is 0 Å². The molecule has 2 heterocycles. The Morgan fingerprint density at radius 2 is 2.00 bits per heavy atom. The van der Waals surface area contributed by atoms with Gasteiger partial charge in [-0.15, -0.1) is 0 Å². The smallest absolute Gasteiger partial charge is 0.270 e. The van der Waals surface area contributed by atoms with E-state index in [9.17, 15) is 24.5 Å². The van der Waals surface area contributed by atoms with Crippen LogP contribution >= 0.6 is 0 Å². The van der Waals surface area contributed by atoms with Crippen LogP contribution in [0.15, 0.2) is 48.5 Å². The summed E-state index contributed by atoms with van der Waals surface area (Å²) in [7, 11) is 1.51. The molecule has 3 amide bonds. The minimum atomic E-state index is -1.03. The number of non-ortho nitro benzene ring substituents is 1. The normalized spacial score (nSPS) is 20.2. The quantitative estimate of drug-likeness (QED) is 0.359. The number of hydrogen-bond donors (Lipinski definition) is 0. The molecule has 0 N–H and O–H groups in total. The number of nitro groups is 1. The molecule has 2 atom stereocenters. The molecule has 172 valence electrons. The maximum Gasteiger partial charge on any atom is 0.270 e. The Morgan fingerprint density at radius 3 is 2.64 bits per heavy atom. The van der Waals surface area contributed by atoms with Crippen molar-refractivity contribution >= 4 is 29.1 Å². The lowest BCUT2D eigenvalue weighted by atomic mass is 10.1. The van der Waals surface area contributed by atoms with Gasteiger partial charge in [-0.2, -0.15) is 0 Å². The summed E-state index contributed by atoms with van der Waals surface area (Å²) in [5, 5.41) is 11.2. The van der Waals surface area contributed by atoms with Crippen LogP contribution in [0.5, 0.6) is 5.75 Å². The average Bonchev–Trinajstić information content (AvgIpc) is 3.44. The Balaban J connectivity index is 1.64. The summed E-state index contributed by atoms with van der Waals surface area (Å²) in [5.74, 6) is -0.937. The van der Waals surface area contributed by atoms with Crippen LogP contribution in [0.4, 0.5) is 11.4 Å². The molecule has 0 saturated carbocycles. The van der Waals surface area contributed by atoms with Gasteiger partial charge < -0.3 is 14.4 Å². The van der Waals surface area contributed by atoms with Gasteiger partial charge in [-0.25, -0.2) is 4.90 Å². The first-order valence-corrected chi connectivity index (χ1v) is 10.6. The predicted molar refractivity (Wildman–Crippen MR) is 117 cm³/mol. The third-order valence-electron chi connectivity index (χ3n) is 5.82. The van der Waals surface area contributed by atoms with Gasteiger partial charge in [0.2, 0.25) is 5.91 Å². The molecule has 2 unspecified atom stereocenters. The van der Waals surface area contributed by atoms with Gasteiger partial charge >= 0.3 is 0 Å². The third kappa shape index (κ3) is 4.56. The number of carbonyl (C=O) groups excluding carboxylic acids is 3. The number of nitro benzene ring substituents is 1. The number of amides is 3. The second-order valence-corrected chi connectivity index (χ2v) is 7.89. The minimum Gasteiger partial charge on any atom is -0.497 e. The number of ether oxygens (including phenoxy) is 2. The summed E-state index contributed by atoms with van der Waals surface area (Å²) >= 11 is 0. The molecule has 2 aliphatic rings. The number of nitrogens with zero attached hydrogens (tertiary/aromatic N) is 3. The molecule has 2 aromatic rings. The van der Waals surface area contributed by atoms with E-state index in [0.717, 1.165) is 17.7 Å². The molecule has 2 aromatic carbocycles. The fraction of sp³-hybridized carbons (Fsp3) is 0.348. The second kappa shape index (κ2) is 9.37. The molecule has 2 fully saturated rings. The topological polar surface area (TPSA) is 119 Å². The van der Waals surface area contributed by atoms with Crippen molar-refractivity contribution in [2.45, 2.75) is 31.4 Å². The van der Waals surface area contributed by atoms with E-state index in [1.807, 2.05) is 0 Å². The van der Waals surface area contributed by atoms with Gasteiger partial charge in [-0.1, -0.05) is 6.07 Å². The largest absolute Gasteiger partial charge is 0.497 e. The zero-order valence-electron chi connectivity index (χ0n) is 18.0. The lowest BCUT2D eigenvalue weighted by Gasteiger charge is -2.29. The summed E-state index contributed by atoms with van der Waals surface area (Å²) in [6.45, 7) is 0.667. The Morgan fingerprint density at radius 1 is 1.24 bits per heavy atom. The zero-order valence-corrected chi connectivity index (χ0v) is 18.0. The van der Waals surface area contributed by atoms with Crippen LogP contribution in [0, 0.1) is 10.1 Å². The summed E-state index contributed by atoms with van der Waals surface area (Å²) in [6.07, 6.45) is 1.10. The van der Waals surface area contributed by atoms with E-state index in [-0.39, 0.29) is 30.3 Å². The van der Waals surface area contributed by atoms with Gasteiger partial charge in [-0.05, 0) is 43.2 Å². The van der Waals surface area contributed by atoms with Crippen LogP contribution < -0.4 is 9.64 Å². The Labute approximate surface area is 189 Å². The first-order valence-electron chi connectivity index (χ1n) is 10.6. The van der Waals surface area contributed by atoms with Crippen molar-refractivity contribution < 1.29 is 28.8 Å². The van der Waals surface area contributed by atoms with E-state index < -0.39 is 28.7 Å². The molecule has 2 aliphatic heterocycles. The molecule has 0 radical (unpaired) electrons. The third-order valence-corrected chi connectivity index (χ3v) is 5.82. The van der Waals surface area contributed by atoms with E-state index in [2.05, 4.69) is 0 Å². The molecule has 33 heavy (non-hydrogen) atoms. The fourth-order valence-corrected chi connectivity index (χ4v) is 4.14. The fourth-order valence-electron chi connectivity index (χ4n) is 4.14. The maximum absolute atomic E-state index is 13.4. The van der Waals surface area contributed by atoms with E-state index in [1.54, 1.807) is 24.3 Å². The van der Waals surface area contributed by atoms with Gasteiger partial charge in [0.15, 0.2) is 0 Å². The first-order chi connectivity index (χ1) is 15.9. The molecule has 0 bridgehead atoms. The van der Waals surface area contributed by atoms with Gasteiger partial charge in [0, 0.05) is 30.8 Å². The SMILES string of the molecule is COc1ccc(N2C(=O)CC(N(CC3CCCO3)C(=O)c3cccc([N+](=O)[O-])c3)C2=O)cc1. The van der Waals surface area contributed by atoms with E-state index in [0.29, 0.717) is 18.0 Å². The van der Waals surface area contributed by atoms with E-state index in [1.165, 1.54) is 36.3 Å². The monoisotopic (exact) mass is 453 g/mol. The number of rotatable bonds is 7. The maximum atomic E-state index is 13.4. The molecule has 10 nitrogen and oxygen atoms in total. The molecule has 2 saturated heterocycles. The van der Waals surface area contributed by atoms with Crippen LogP contribution in [-0.4, -0.2) is 60.0 Å². The van der Waals surface area contributed by atoms with Crippen molar-refractivity contribution in [3.8, 4) is 5.75 Å². The number of anilines is 1. The molecular formula is C23H23N3O7. The van der Waals surface area contributed by atoms with Crippen LogP contribution in [-0.2, 0) is 14.3 Å². The molecule has 10 heteroatoms. The highest BCUT2D eigenvalue weighted by Gasteiger charge is 2.45. The number of methoxy groups -OCH3 is 1. The summed E-state index contributed by atoms with van der Waals surface area (Å²) in [4.78, 5) is 52.5. The molecule has 0 aliphatic carbocycles. The van der Waals surface area contributed by atoms with Crippen molar-refractivity contribution in [1.82, 2.24) is 4.90 Å². The van der Waals surface area contributed by atoms with Gasteiger partial charge in [0.05, 0.1) is 30.2 Å².